The van der Waals surface area contributed by atoms with Crippen LogP contribution in [0.25, 0.3) is 5.57 Å². The monoisotopic (exact) mass is 426 g/mol. The molecule has 1 N–H and O–H groups in total. The van der Waals surface area contributed by atoms with Crippen LogP contribution in [0.1, 0.15) is 69.9 Å². The molecule has 0 amide bonds. The molecule has 2 aliphatic rings. The Labute approximate surface area is 187 Å². The molecule has 0 spiro atoms. The van der Waals surface area contributed by atoms with E-state index in [-0.39, 0.29) is 25.8 Å². The summed E-state index contributed by atoms with van der Waals surface area (Å²) in [6.07, 6.45) is 12.2. The Hall–Kier alpha value is -2.07. The number of allylic oxidation sites excluding steroid dienone is 2. The van der Waals surface area contributed by atoms with E-state index in [4.69, 9.17) is 14.6 Å². The number of carbonyl (C=O) groups excluding carboxylic acids is 1. The summed E-state index contributed by atoms with van der Waals surface area (Å²) in [5, 5.41) is 9.12. The van der Waals surface area contributed by atoms with Crippen LogP contribution < -0.4 is 4.74 Å². The maximum Gasteiger partial charge on any atom is 0.333 e. The molecule has 0 bridgehead atoms. The minimum Gasteiger partial charge on any atom is -0.491 e. The fourth-order valence-electron chi connectivity index (χ4n) is 4.95. The van der Waals surface area contributed by atoms with Crippen molar-refractivity contribution in [3.8, 4) is 5.75 Å². The van der Waals surface area contributed by atoms with Gasteiger partial charge in [0, 0.05) is 12.0 Å². The number of hydrogen-bond acceptors (Lipinski definition) is 4. The van der Waals surface area contributed by atoms with Crippen LogP contribution in [-0.2, 0) is 16.0 Å². The highest BCUT2D eigenvalue weighted by atomic mass is 16.5. The summed E-state index contributed by atoms with van der Waals surface area (Å²) in [5.41, 5.74) is 4.05. The van der Waals surface area contributed by atoms with E-state index in [2.05, 4.69) is 31.7 Å². The first-order valence-corrected chi connectivity index (χ1v) is 11.9. The average molecular weight is 427 g/mol. The second-order valence-electron chi connectivity index (χ2n) is 9.34. The summed E-state index contributed by atoms with van der Waals surface area (Å²) >= 11 is 0. The molecule has 0 heterocycles. The van der Waals surface area contributed by atoms with Crippen molar-refractivity contribution in [2.24, 2.45) is 17.8 Å². The van der Waals surface area contributed by atoms with Gasteiger partial charge in [-0.3, -0.25) is 0 Å². The molecule has 1 atom stereocenters. The van der Waals surface area contributed by atoms with Gasteiger partial charge in [0.2, 0.25) is 0 Å². The topological polar surface area (TPSA) is 55.8 Å². The maximum absolute atomic E-state index is 11.7. The zero-order valence-corrected chi connectivity index (χ0v) is 19.2. The zero-order valence-electron chi connectivity index (χ0n) is 19.2. The van der Waals surface area contributed by atoms with E-state index in [1.54, 1.807) is 6.92 Å². The van der Waals surface area contributed by atoms with Crippen LogP contribution in [0.5, 0.6) is 5.75 Å². The maximum atomic E-state index is 11.7. The predicted molar refractivity (Wildman–Crippen MR) is 125 cm³/mol. The van der Waals surface area contributed by atoms with Crippen LogP contribution in [0.4, 0.5) is 0 Å². The summed E-state index contributed by atoms with van der Waals surface area (Å²) in [7, 11) is 0. The second-order valence-corrected chi connectivity index (χ2v) is 9.34. The Kier molecular flexibility index (Phi) is 8.77. The molecule has 0 saturated heterocycles. The normalized spacial score (nSPS) is 23.7. The van der Waals surface area contributed by atoms with Gasteiger partial charge >= 0.3 is 5.97 Å². The molecular weight excluding hydrogens is 388 g/mol. The number of benzene rings is 1. The Bertz CT molecular complexity index is 786. The van der Waals surface area contributed by atoms with E-state index in [9.17, 15) is 4.79 Å². The van der Waals surface area contributed by atoms with E-state index in [0.717, 1.165) is 35.5 Å². The van der Waals surface area contributed by atoms with Crippen molar-refractivity contribution in [2.45, 2.75) is 65.2 Å². The van der Waals surface area contributed by atoms with Gasteiger partial charge in [-0.15, -0.1) is 0 Å². The molecule has 3 rings (SSSR count). The van der Waals surface area contributed by atoms with Gasteiger partial charge in [0.25, 0.3) is 0 Å². The number of carbonyl (C=O) groups is 1. The fraction of sp³-hybridized carbons (Fsp3) is 0.593. The van der Waals surface area contributed by atoms with Gasteiger partial charge in [0.1, 0.15) is 12.4 Å². The molecule has 2 aliphatic carbocycles. The van der Waals surface area contributed by atoms with Crippen LogP contribution in [0.3, 0.4) is 0 Å². The van der Waals surface area contributed by atoms with Crippen molar-refractivity contribution in [1.82, 2.24) is 0 Å². The highest BCUT2D eigenvalue weighted by molar-refractivity contribution is 5.86. The fourth-order valence-corrected chi connectivity index (χ4v) is 4.95. The highest BCUT2D eigenvalue weighted by Gasteiger charge is 2.27. The van der Waals surface area contributed by atoms with Gasteiger partial charge in [-0.05, 0) is 85.6 Å². The van der Waals surface area contributed by atoms with Crippen LogP contribution in [-0.4, -0.2) is 30.9 Å². The third kappa shape index (κ3) is 6.70. The average Bonchev–Trinajstić information content (AvgIpc) is 2.78. The molecule has 1 fully saturated rings. The third-order valence-electron chi connectivity index (χ3n) is 6.91. The molecule has 0 radical (unpaired) electrons. The molecular formula is C27H38O4. The first-order valence-electron chi connectivity index (χ1n) is 11.9. The molecule has 31 heavy (non-hydrogen) atoms. The molecule has 1 unspecified atom stereocenters. The molecule has 4 nitrogen and oxygen atoms in total. The minimum absolute atomic E-state index is 0.0294. The van der Waals surface area contributed by atoms with Crippen molar-refractivity contribution in [3.63, 3.8) is 0 Å². The lowest BCUT2D eigenvalue weighted by Crippen LogP contribution is -2.22. The summed E-state index contributed by atoms with van der Waals surface area (Å²) < 4.78 is 11.0. The Balaban J connectivity index is 1.66. The van der Waals surface area contributed by atoms with Crippen molar-refractivity contribution in [1.29, 1.82) is 0 Å². The van der Waals surface area contributed by atoms with E-state index in [0.29, 0.717) is 12.0 Å². The second kappa shape index (κ2) is 11.5. The largest absolute Gasteiger partial charge is 0.491 e. The van der Waals surface area contributed by atoms with E-state index >= 15 is 0 Å². The molecule has 0 aromatic heterocycles. The van der Waals surface area contributed by atoms with E-state index in [1.165, 1.54) is 49.7 Å². The number of esters is 1. The van der Waals surface area contributed by atoms with Crippen LogP contribution in [0.2, 0.25) is 0 Å². The summed E-state index contributed by atoms with van der Waals surface area (Å²) in [6.45, 7) is 8.17. The zero-order chi connectivity index (χ0) is 22.2. The van der Waals surface area contributed by atoms with Crippen LogP contribution >= 0.6 is 0 Å². The lowest BCUT2D eigenvalue weighted by Gasteiger charge is -2.34. The molecule has 1 aromatic carbocycles. The first kappa shape index (κ1) is 23.6. The smallest absolute Gasteiger partial charge is 0.333 e. The van der Waals surface area contributed by atoms with Gasteiger partial charge in [-0.2, -0.15) is 0 Å². The van der Waals surface area contributed by atoms with Crippen molar-refractivity contribution in [2.75, 3.05) is 19.8 Å². The quantitative estimate of drug-likeness (QED) is 0.405. The Morgan fingerprint density at radius 1 is 1.13 bits per heavy atom. The Morgan fingerprint density at radius 3 is 2.55 bits per heavy atom. The number of rotatable bonds is 9. The summed E-state index contributed by atoms with van der Waals surface area (Å²) in [4.78, 5) is 11.7. The number of ether oxygens (including phenoxy) is 2. The lowest BCUT2D eigenvalue weighted by atomic mass is 9.71. The molecule has 4 heteroatoms. The minimum atomic E-state index is -0.368. The SMILES string of the molecule is C=C(C)C(=O)OCCc1cc(C2=CCC(C3CCC(C)CC3)CC2)ccc1OCCO. The molecule has 0 aliphatic heterocycles. The molecule has 1 saturated carbocycles. The first-order chi connectivity index (χ1) is 15.0. The highest BCUT2D eigenvalue weighted by Crippen LogP contribution is 2.41. The summed E-state index contributed by atoms with van der Waals surface area (Å²) in [5.74, 6) is 3.03. The number of aliphatic hydroxyl groups excluding tert-OH is 1. The van der Waals surface area contributed by atoms with Gasteiger partial charge in [-0.25, -0.2) is 4.79 Å². The third-order valence-corrected chi connectivity index (χ3v) is 6.91. The van der Waals surface area contributed by atoms with Crippen molar-refractivity contribution in [3.05, 3.63) is 47.6 Å². The van der Waals surface area contributed by atoms with Crippen LogP contribution in [0, 0.1) is 17.8 Å². The van der Waals surface area contributed by atoms with E-state index in [1.807, 2.05) is 6.07 Å². The van der Waals surface area contributed by atoms with Gasteiger partial charge in [0.15, 0.2) is 0 Å². The van der Waals surface area contributed by atoms with Crippen molar-refractivity contribution >= 4 is 11.5 Å². The number of hydrogen-bond donors (Lipinski definition) is 1. The molecule has 1 aromatic rings. The number of aliphatic hydroxyl groups is 1. The lowest BCUT2D eigenvalue weighted by molar-refractivity contribution is -0.138. The van der Waals surface area contributed by atoms with E-state index < -0.39 is 0 Å². The Morgan fingerprint density at radius 2 is 1.90 bits per heavy atom. The van der Waals surface area contributed by atoms with Gasteiger partial charge < -0.3 is 14.6 Å². The van der Waals surface area contributed by atoms with Crippen LogP contribution in [0.15, 0.2) is 36.4 Å². The van der Waals surface area contributed by atoms with Gasteiger partial charge in [-0.1, -0.05) is 38.5 Å². The van der Waals surface area contributed by atoms with Crippen molar-refractivity contribution < 1.29 is 19.4 Å². The van der Waals surface area contributed by atoms with Gasteiger partial charge in [0.05, 0.1) is 13.2 Å². The predicted octanol–water partition coefficient (Wildman–Crippen LogP) is 5.73. The standard InChI is InChI=1S/C27H38O4/c1-19(2)27(29)31-16-14-25-18-24(12-13-26(25)30-17-15-28)23-10-8-22(9-11-23)21-6-4-20(3)5-7-21/h10,12-13,18,20-22,28H,1,4-9,11,14-17H2,2-3H3. The summed E-state index contributed by atoms with van der Waals surface area (Å²) in [6, 6.07) is 6.26. The molecule has 170 valence electrons.